The lowest BCUT2D eigenvalue weighted by molar-refractivity contribution is -0.120. The molecule has 2 N–H and O–H groups in total. The number of carbonyl (C=O) groups is 2. The second kappa shape index (κ2) is 6.16. The summed E-state index contributed by atoms with van der Waals surface area (Å²) >= 11 is 1.35. The van der Waals surface area contributed by atoms with E-state index in [1.54, 1.807) is 6.20 Å². The summed E-state index contributed by atoms with van der Waals surface area (Å²) in [5.74, 6) is -0.859. The molecule has 0 saturated heterocycles. The highest BCUT2D eigenvalue weighted by molar-refractivity contribution is 7.13. The highest BCUT2D eigenvalue weighted by atomic mass is 32.1. The molecule has 124 valence electrons. The summed E-state index contributed by atoms with van der Waals surface area (Å²) in [6.07, 6.45) is 1.56. The molecule has 0 saturated carbocycles. The Kier molecular flexibility index (Phi) is 4.19. The maximum absolute atomic E-state index is 12.5. The number of nitrogens with one attached hydrogen (secondary N) is 2. The van der Waals surface area contributed by atoms with Crippen molar-refractivity contribution in [3.63, 3.8) is 0 Å². The Labute approximate surface area is 144 Å². The number of hydrogen-bond acceptors (Lipinski definition) is 5. The molecule has 2 heterocycles. The monoisotopic (exact) mass is 342 g/mol. The summed E-state index contributed by atoms with van der Waals surface area (Å²) in [4.78, 5) is 29.3. The summed E-state index contributed by atoms with van der Waals surface area (Å²) in [7, 11) is 0. The molecule has 24 heavy (non-hydrogen) atoms. The van der Waals surface area contributed by atoms with E-state index in [0.717, 1.165) is 10.6 Å². The van der Waals surface area contributed by atoms with Crippen molar-refractivity contribution in [3.8, 4) is 0 Å². The van der Waals surface area contributed by atoms with Crippen LogP contribution in [0.3, 0.4) is 0 Å². The van der Waals surface area contributed by atoms with Gasteiger partial charge in [0.1, 0.15) is 16.6 Å². The van der Waals surface area contributed by atoms with Gasteiger partial charge in [-0.3, -0.25) is 9.59 Å². The molecule has 2 aromatic rings. The van der Waals surface area contributed by atoms with Gasteiger partial charge in [-0.15, -0.1) is 11.3 Å². The number of rotatable bonds is 2. The lowest BCUT2D eigenvalue weighted by atomic mass is 9.98. The number of hydrogen-bond donors (Lipinski definition) is 2. The first-order chi connectivity index (χ1) is 11.4. The van der Waals surface area contributed by atoms with Crippen LogP contribution in [0.4, 0.5) is 0 Å². The molecule has 0 aliphatic carbocycles. The minimum absolute atomic E-state index is 0.113. The second-order valence-corrected chi connectivity index (χ2v) is 7.58. The van der Waals surface area contributed by atoms with Crippen LogP contribution in [0.2, 0.25) is 0 Å². The highest BCUT2D eigenvalue weighted by Gasteiger charge is 2.33. The van der Waals surface area contributed by atoms with Crippen molar-refractivity contribution in [2.45, 2.75) is 32.1 Å². The number of amides is 2. The van der Waals surface area contributed by atoms with Gasteiger partial charge in [-0.05, 0) is 5.56 Å². The summed E-state index contributed by atoms with van der Waals surface area (Å²) in [5, 5.41) is 7.59. The zero-order valence-electron chi connectivity index (χ0n) is 13.7. The van der Waals surface area contributed by atoms with E-state index in [1.165, 1.54) is 11.3 Å². The van der Waals surface area contributed by atoms with Gasteiger partial charge in [-0.2, -0.15) is 5.10 Å². The molecule has 6 nitrogen and oxygen atoms in total. The van der Waals surface area contributed by atoms with Crippen LogP contribution in [0, 0.1) is 0 Å². The molecular formula is C17H18N4O2S. The summed E-state index contributed by atoms with van der Waals surface area (Å²) in [5.41, 5.74) is 3.10. The van der Waals surface area contributed by atoms with E-state index < -0.39 is 5.92 Å². The Morgan fingerprint density at radius 1 is 1.25 bits per heavy atom. The van der Waals surface area contributed by atoms with Crippen molar-refractivity contribution < 1.29 is 9.59 Å². The molecule has 0 bridgehead atoms. The zero-order chi connectivity index (χ0) is 17.3. The van der Waals surface area contributed by atoms with Crippen molar-refractivity contribution in [2.75, 3.05) is 0 Å². The SMILES string of the molecule is CC(C)(C)c1ncc(C(=O)NC2=NNC(=O)[C@H]2c2ccccc2)s1. The van der Waals surface area contributed by atoms with Crippen molar-refractivity contribution in [1.82, 2.24) is 15.7 Å². The van der Waals surface area contributed by atoms with Crippen LogP contribution in [-0.2, 0) is 10.2 Å². The van der Waals surface area contributed by atoms with Crippen LogP contribution in [0.5, 0.6) is 0 Å². The van der Waals surface area contributed by atoms with E-state index in [2.05, 4.69) is 20.8 Å². The number of carbonyl (C=O) groups excluding carboxylic acids is 2. The van der Waals surface area contributed by atoms with E-state index >= 15 is 0 Å². The van der Waals surface area contributed by atoms with E-state index in [0.29, 0.717) is 10.7 Å². The standard InChI is InChI=1S/C17H18N4O2S/c1-17(2,3)16-18-9-11(24-16)14(22)19-13-12(15(23)21-20-13)10-7-5-4-6-8-10/h4-9,12H,1-3H3,(H,21,23)(H,19,20,22)/t12-/m0/s1. The zero-order valence-corrected chi connectivity index (χ0v) is 14.5. The van der Waals surface area contributed by atoms with Gasteiger partial charge in [0, 0.05) is 5.41 Å². The topological polar surface area (TPSA) is 83.4 Å². The van der Waals surface area contributed by atoms with E-state index in [4.69, 9.17) is 0 Å². The van der Waals surface area contributed by atoms with Gasteiger partial charge in [-0.25, -0.2) is 10.4 Å². The number of thiazole rings is 1. The lowest BCUT2D eigenvalue weighted by Gasteiger charge is -2.13. The molecule has 0 radical (unpaired) electrons. The van der Waals surface area contributed by atoms with Crippen LogP contribution in [0.15, 0.2) is 41.6 Å². The maximum atomic E-state index is 12.5. The summed E-state index contributed by atoms with van der Waals surface area (Å²) in [6.45, 7) is 6.13. The average molecular weight is 342 g/mol. The van der Waals surface area contributed by atoms with Crippen molar-refractivity contribution in [3.05, 3.63) is 52.0 Å². The smallest absolute Gasteiger partial charge is 0.268 e. The number of aromatic nitrogens is 1. The first-order valence-corrected chi connectivity index (χ1v) is 8.38. The second-order valence-electron chi connectivity index (χ2n) is 6.55. The maximum Gasteiger partial charge on any atom is 0.268 e. The molecule has 0 unspecified atom stereocenters. The predicted octanol–water partition coefficient (Wildman–Crippen LogP) is 2.40. The van der Waals surface area contributed by atoms with Crippen LogP contribution in [0.1, 0.15) is 46.9 Å². The first kappa shape index (κ1) is 16.3. The van der Waals surface area contributed by atoms with Crippen molar-refractivity contribution in [2.24, 2.45) is 5.10 Å². The Morgan fingerprint density at radius 3 is 2.58 bits per heavy atom. The Bertz CT molecular complexity index is 805. The first-order valence-electron chi connectivity index (χ1n) is 7.56. The summed E-state index contributed by atoms with van der Waals surface area (Å²) < 4.78 is 0. The number of benzene rings is 1. The summed E-state index contributed by atoms with van der Waals surface area (Å²) in [6, 6.07) is 9.23. The fraction of sp³-hybridized carbons (Fsp3) is 0.294. The molecule has 1 atom stereocenters. The number of amidine groups is 1. The molecule has 7 heteroatoms. The normalized spacial score (nSPS) is 17.4. The van der Waals surface area contributed by atoms with Crippen molar-refractivity contribution >= 4 is 29.0 Å². The minimum Gasteiger partial charge on any atom is -0.307 e. The van der Waals surface area contributed by atoms with Gasteiger partial charge < -0.3 is 5.32 Å². The Morgan fingerprint density at radius 2 is 1.96 bits per heavy atom. The van der Waals surface area contributed by atoms with Gasteiger partial charge >= 0.3 is 0 Å². The average Bonchev–Trinajstić information content (AvgIpc) is 3.15. The fourth-order valence-corrected chi connectivity index (χ4v) is 3.20. The molecule has 0 fully saturated rings. The van der Waals surface area contributed by atoms with Gasteiger partial charge in [0.25, 0.3) is 11.8 Å². The third kappa shape index (κ3) is 3.21. The molecular weight excluding hydrogens is 324 g/mol. The third-order valence-electron chi connectivity index (χ3n) is 3.57. The fourth-order valence-electron chi connectivity index (χ4n) is 2.33. The highest BCUT2D eigenvalue weighted by Crippen LogP contribution is 2.27. The van der Waals surface area contributed by atoms with Crippen molar-refractivity contribution in [1.29, 1.82) is 0 Å². The van der Waals surface area contributed by atoms with Gasteiger partial charge in [0.2, 0.25) is 0 Å². The van der Waals surface area contributed by atoms with Gasteiger partial charge in [0.05, 0.1) is 11.2 Å². The molecule has 1 aromatic carbocycles. The largest absolute Gasteiger partial charge is 0.307 e. The van der Waals surface area contributed by atoms with Crippen LogP contribution >= 0.6 is 11.3 Å². The van der Waals surface area contributed by atoms with E-state index in [9.17, 15) is 9.59 Å². The molecule has 1 aromatic heterocycles. The molecule has 3 rings (SSSR count). The third-order valence-corrected chi connectivity index (χ3v) is 4.99. The minimum atomic E-state index is -0.606. The van der Waals surface area contributed by atoms with E-state index in [-0.39, 0.29) is 17.2 Å². The molecule has 1 aliphatic rings. The predicted molar refractivity (Wildman–Crippen MR) is 93.0 cm³/mol. The van der Waals surface area contributed by atoms with Crippen LogP contribution in [-0.4, -0.2) is 22.6 Å². The number of nitrogens with zero attached hydrogens (tertiary/aromatic N) is 2. The number of hydrazone groups is 1. The Balaban J connectivity index is 1.79. The Hall–Kier alpha value is -2.54. The molecule has 2 amide bonds. The van der Waals surface area contributed by atoms with Gasteiger partial charge in [-0.1, -0.05) is 51.1 Å². The van der Waals surface area contributed by atoms with E-state index in [1.807, 2.05) is 51.1 Å². The molecule has 1 aliphatic heterocycles. The van der Waals surface area contributed by atoms with Crippen LogP contribution in [0.25, 0.3) is 0 Å². The molecule has 0 spiro atoms. The van der Waals surface area contributed by atoms with Crippen LogP contribution < -0.4 is 10.7 Å². The quantitative estimate of drug-likeness (QED) is 0.879. The lowest BCUT2D eigenvalue weighted by Crippen LogP contribution is -2.34. The van der Waals surface area contributed by atoms with Gasteiger partial charge in [0.15, 0.2) is 0 Å².